The third kappa shape index (κ3) is 2.07. The highest BCUT2D eigenvalue weighted by Crippen LogP contribution is 2.24. The Morgan fingerprint density at radius 3 is 2.71 bits per heavy atom. The predicted molar refractivity (Wildman–Crippen MR) is 47.8 cm³/mol. The number of phenols is 1. The highest BCUT2D eigenvalue weighted by atomic mass is 19.1. The van der Waals surface area contributed by atoms with Crippen molar-refractivity contribution in [1.29, 1.82) is 0 Å². The second-order valence-corrected chi connectivity index (χ2v) is 2.69. The number of benzene rings is 1. The molecular formula is C9H8FNO3. The summed E-state index contributed by atoms with van der Waals surface area (Å²) < 4.78 is 12.9. The minimum atomic E-state index is -0.946. The van der Waals surface area contributed by atoms with Crippen molar-refractivity contribution in [2.24, 2.45) is 0 Å². The summed E-state index contributed by atoms with van der Waals surface area (Å²) in [6.45, 7) is 1.26. The summed E-state index contributed by atoms with van der Waals surface area (Å²) in [5, 5.41) is 11.3. The number of rotatable bonds is 2. The molecule has 2 N–H and O–H groups in total. The normalized spacial score (nSPS) is 9.57. The number of hydrogen-bond donors (Lipinski definition) is 2. The van der Waals surface area contributed by atoms with Gasteiger partial charge in [0.25, 0.3) is 0 Å². The molecule has 0 saturated heterocycles. The molecule has 74 valence electrons. The maximum atomic E-state index is 12.9. The van der Waals surface area contributed by atoms with Crippen LogP contribution >= 0.6 is 0 Å². The SMILES string of the molecule is CC(=O)Nc1cc(F)c(O)c(C=O)c1. The molecule has 1 rings (SSSR count). The van der Waals surface area contributed by atoms with Gasteiger partial charge < -0.3 is 10.4 Å². The average molecular weight is 197 g/mol. The third-order valence-electron chi connectivity index (χ3n) is 1.54. The molecule has 0 aromatic heterocycles. The van der Waals surface area contributed by atoms with Crippen molar-refractivity contribution in [1.82, 2.24) is 0 Å². The Balaban J connectivity index is 3.15. The number of aldehydes is 1. The smallest absolute Gasteiger partial charge is 0.221 e. The van der Waals surface area contributed by atoms with Crippen LogP contribution in [0.15, 0.2) is 12.1 Å². The lowest BCUT2D eigenvalue weighted by Crippen LogP contribution is -2.06. The highest BCUT2D eigenvalue weighted by molar-refractivity contribution is 5.90. The summed E-state index contributed by atoms with van der Waals surface area (Å²) in [7, 11) is 0. The lowest BCUT2D eigenvalue weighted by molar-refractivity contribution is -0.114. The first-order chi connectivity index (χ1) is 6.54. The Morgan fingerprint density at radius 1 is 1.57 bits per heavy atom. The molecule has 0 aliphatic rings. The van der Waals surface area contributed by atoms with Gasteiger partial charge in [0.05, 0.1) is 5.56 Å². The number of amides is 1. The Morgan fingerprint density at radius 2 is 2.21 bits per heavy atom. The number of halogens is 1. The van der Waals surface area contributed by atoms with Crippen LogP contribution in [0.25, 0.3) is 0 Å². The predicted octanol–water partition coefficient (Wildman–Crippen LogP) is 1.30. The van der Waals surface area contributed by atoms with Crippen LogP contribution in [-0.2, 0) is 4.79 Å². The van der Waals surface area contributed by atoms with Gasteiger partial charge in [-0.3, -0.25) is 9.59 Å². The summed E-state index contributed by atoms with van der Waals surface area (Å²) in [6, 6.07) is 2.12. The second kappa shape index (κ2) is 3.87. The van der Waals surface area contributed by atoms with Gasteiger partial charge in [0.15, 0.2) is 17.9 Å². The Kier molecular flexibility index (Phi) is 2.81. The zero-order valence-corrected chi connectivity index (χ0v) is 7.37. The Bertz CT molecular complexity index is 390. The number of nitrogens with one attached hydrogen (secondary N) is 1. The van der Waals surface area contributed by atoms with Gasteiger partial charge in [-0.05, 0) is 6.07 Å². The van der Waals surface area contributed by atoms with Gasteiger partial charge in [-0.1, -0.05) is 0 Å². The molecule has 0 radical (unpaired) electrons. The van der Waals surface area contributed by atoms with Crippen LogP contribution in [0.3, 0.4) is 0 Å². The zero-order valence-electron chi connectivity index (χ0n) is 7.37. The summed E-state index contributed by atoms with van der Waals surface area (Å²) in [6.07, 6.45) is 0.309. The number of phenolic OH excluding ortho intramolecular Hbond substituents is 1. The molecule has 1 aromatic carbocycles. The molecule has 0 bridgehead atoms. The molecule has 14 heavy (non-hydrogen) atoms. The third-order valence-corrected chi connectivity index (χ3v) is 1.54. The van der Waals surface area contributed by atoms with Crippen molar-refractivity contribution in [3.63, 3.8) is 0 Å². The van der Waals surface area contributed by atoms with E-state index in [1.54, 1.807) is 0 Å². The fraction of sp³-hybridized carbons (Fsp3) is 0.111. The molecule has 0 heterocycles. The number of hydrogen-bond acceptors (Lipinski definition) is 3. The molecule has 0 spiro atoms. The molecule has 0 aliphatic carbocycles. The van der Waals surface area contributed by atoms with E-state index in [4.69, 9.17) is 5.11 Å². The van der Waals surface area contributed by atoms with Crippen molar-refractivity contribution in [3.8, 4) is 5.75 Å². The van der Waals surface area contributed by atoms with E-state index in [9.17, 15) is 14.0 Å². The van der Waals surface area contributed by atoms with Crippen molar-refractivity contribution in [2.45, 2.75) is 6.92 Å². The quantitative estimate of drug-likeness (QED) is 0.554. The van der Waals surface area contributed by atoms with Crippen LogP contribution in [0, 0.1) is 5.82 Å². The van der Waals surface area contributed by atoms with Crippen LogP contribution in [-0.4, -0.2) is 17.3 Å². The fourth-order valence-corrected chi connectivity index (χ4v) is 0.986. The molecule has 1 amide bonds. The molecule has 5 heteroatoms. The second-order valence-electron chi connectivity index (χ2n) is 2.69. The largest absolute Gasteiger partial charge is 0.504 e. The van der Waals surface area contributed by atoms with E-state index in [2.05, 4.69) is 5.32 Å². The lowest BCUT2D eigenvalue weighted by atomic mass is 10.2. The van der Waals surface area contributed by atoms with Crippen LogP contribution in [0.2, 0.25) is 0 Å². The van der Waals surface area contributed by atoms with E-state index in [0.29, 0.717) is 6.29 Å². The first-order valence-electron chi connectivity index (χ1n) is 3.80. The summed E-state index contributed by atoms with van der Waals surface area (Å²) in [5.41, 5.74) is -0.0661. The van der Waals surface area contributed by atoms with E-state index in [0.717, 1.165) is 6.07 Å². The van der Waals surface area contributed by atoms with E-state index in [1.165, 1.54) is 13.0 Å². The lowest BCUT2D eigenvalue weighted by Gasteiger charge is -2.04. The molecular weight excluding hydrogens is 189 g/mol. The average Bonchev–Trinajstić information content (AvgIpc) is 2.10. The van der Waals surface area contributed by atoms with Crippen molar-refractivity contribution < 1.29 is 19.1 Å². The van der Waals surface area contributed by atoms with Crippen LogP contribution in [0.4, 0.5) is 10.1 Å². The number of carbonyl (C=O) groups excluding carboxylic acids is 2. The Labute approximate surface area is 79.4 Å². The molecule has 0 unspecified atom stereocenters. The van der Waals surface area contributed by atoms with Gasteiger partial charge in [0.2, 0.25) is 5.91 Å². The first kappa shape index (κ1) is 10.2. The minimum Gasteiger partial charge on any atom is -0.504 e. The van der Waals surface area contributed by atoms with Gasteiger partial charge in [0.1, 0.15) is 0 Å². The molecule has 0 aliphatic heterocycles. The van der Waals surface area contributed by atoms with E-state index in [-0.39, 0.29) is 17.2 Å². The molecule has 0 atom stereocenters. The zero-order chi connectivity index (χ0) is 10.7. The van der Waals surface area contributed by atoms with Gasteiger partial charge in [-0.2, -0.15) is 0 Å². The van der Waals surface area contributed by atoms with Gasteiger partial charge in [-0.25, -0.2) is 4.39 Å². The standard InChI is InChI=1S/C9H8FNO3/c1-5(13)11-7-2-6(4-12)9(14)8(10)3-7/h2-4,14H,1H3,(H,11,13). The van der Waals surface area contributed by atoms with Gasteiger partial charge in [0, 0.05) is 18.7 Å². The fourth-order valence-electron chi connectivity index (χ4n) is 0.986. The maximum Gasteiger partial charge on any atom is 0.221 e. The summed E-state index contributed by atoms with van der Waals surface area (Å²) in [5.74, 6) is -2.04. The van der Waals surface area contributed by atoms with E-state index in [1.807, 2.05) is 0 Å². The summed E-state index contributed by atoms with van der Waals surface area (Å²) >= 11 is 0. The van der Waals surface area contributed by atoms with Crippen molar-refractivity contribution in [2.75, 3.05) is 5.32 Å². The van der Waals surface area contributed by atoms with E-state index < -0.39 is 11.6 Å². The van der Waals surface area contributed by atoms with Crippen molar-refractivity contribution in [3.05, 3.63) is 23.5 Å². The number of aromatic hydroxyl groups is 1. The van der Waals surface area contributed by atoms with Crippen LogP contribution in [0.5, 0.6) is 5.75 Å². The molecule has 0 fully saturated rings. The Hall–Kier alpha value is -1.91. The highest BCUT2D eigenvalue weighted by Gasteiger charge is 2.09. The van der Waals surface area contributed by atoms with Crippen LogP contribution < -0.4 is 5.32 Å². The molecule has 4 nitrogen and oxygen atoms in total. The first-order valence-corrected chi connectivity index (χ1v) is 3.80. The molecule has 1 aromatic rings. The number of carbonyl (C=O) groups is 2. The summed E-state index contributed by atoms with van der Waals surface area (Å²) in [4.78, 5) is 21.0. The minimum absolute atomic E-state index is 0.134. The monoisotopic (exact) mass is 197 g/mol. The molecule has 0 saturated carbocycles. The number of anilines is 1. The van der Waals surface area contributed by atoms with Gasteiger partial charge >= 0.3 is 0 Å². The van der Waals surface area contributed by atoms with Gasteiger partial charge in [-0.15, -0.1) is 0 Å². The van der Waals surface area contributed by atoms with Crippen molar-refractivity contribution >= 4 is 17.9 Å². The van der Waals surface area contributed by atoms with Crippen LogP contribution in [0.1, 0.15) is 17.3 Å². The topological polar surface area (TPSA) is 66.4 Å². The van der Waals surface area contributed by atoms with E-state index >= 15 is 0 Å². The maximum absolute atomic E-state index is 12.9.